The van der Waals surface area contributed by atoms with Crippen molar-refractivity contribution in [3.63, 3.8) is 0 Å². The van der Waals surface area contributed by atoms with E-state index in [1.807, 2.05) is 0 Å². The minimum absolute atomic E-state index is 0.00649. The largest absolute Gasteiger partial charge is 0.386 e. The van der Waals surface area contributed by atoms with Crippen LogP contribution in [0, 0.1) is 23.3 Å². The lowest BCUT2D eigenvalue weighted by Gasteiger charge is -2.15. The van der Waals surface area contributed by atoms with E-state index in [0.29, 0.717) is 16.8 Å². The number of aromatic nitrogens is 2. The number of hydrogen-bond acceptors (Lipinski definition) is 4. The van der Waals surface area contributed by atoms with Crippen LogP contribution in [0.15, 0.2) is 47.4 Å². The van der Waals surface area contributed by atoms with E-state index in [-0.39, 0.29) is 28.5 Å². The second kappa shape index (κ2) is 7.99. The number of aliphatic hydroxyl groups excluding tert-OH is 1. The maximum absolute atomic E-state index is 13.9. The molecule has 146 valence electrons. The average molecular weight is 414 g/mol. The minimum Gasteiger partial charge on any atom is -0.386 e. The molecule has 0 bridgehead atoms. The van der Waals surface area contributed by atoms with Crippen molar-refractivity contribution in [2.45, 2.75) is 6.10 Å². The first-order valence-electron chi connectivity index (χ1n) is 7.88. The summed E-state index contributed by atoms with van der Waals surface area (Å²) in [6, 6.07) is 5.30. The Bertz CT molecular complexity index is 1090. The number of halogens is 5. The first-order chi connectivity index (χ1) is 13.3. The summed E-state index contributed by atoms with van der Waals surface area (Å²) in [5.74, 6) is -3.54. The molecular formula is C18H12ClF4N3O2. The normalized spacial score (nSPS) is 12.1. The second-order valence-electron chi connectivity index (χ2n) is 5.75. The van der Waals surface area contributed by atoms with E-state index in [9.17, 15) is 27.5 Å². The van der Waals surface area contributed by atoms with Crippen LogP contribution < -0.4 is 10.9 Å². The molecule has 28 heavy (non-hydrogen) atoms. The van der Waals surface area contributed by atoms with E-state index in [1.165, 1.54) is 0 Å². The van der Waals surface area contributed by atoms with Crippen LogP contribution in [0.5, 0.6) is 0 Å². The molecule has 0 saturated heterocycles. The zero-order valence-corrected chi connectivity index (χ0v) is 14.7. The Morgan fingerprint density at radius 3 is 2.36 bits per heavy atom. The van der Waals surface area contributed by atoms with Crippen LogP contribution >= 0.6 is 11.6 Å². The number of hydrogen-bond donors (Lipinski definition) is 2. The van der Waals surface area contributed by atoms with Crippen molar-refractivity contribution in [1.82, 2.24) is 9.78 Å². The van der Waals surface area contributed by atoms with Gasteiger partial charge in [0.25, 0.3) is 5.56 Å². The van der Waals surface area contributed by atoms with E-state index in [2.05, 4.69) is 10.4 Å². The fraction of sp³-hybridized carbons (Fsp3) is 0.111. The average Bonchev–Trinajstić information content (AvgIpc) is 2.63. The molecule has 0 aliphatic carbocycles. The van der Waals surface area contributed by atoms with Gasteiger partial charge in [-0.3, -0.25) is 4.79 Å². The Balaban J connectivity index is 1.82. The number of nitrogens with one attached hydrogen (secondary N) is 1. The monoisotopic (exact) mass is 413 g/mol. The first-order valence-corrected chi connectivity index (χ1v) is 8.26. The molecule has 0 unspecified atom stereocenters. The van der Waals surface area contributed by atoms with E-state index in [4.69, 9.17) is 11.6 Å². The summed E-state index contributed by atoms with van der Waals surface area (Å²) in [6.45, 7) is -0.266. The molecule has 3 rings (SSSR count). The number of aliphatic hydroxyl groups is 1. The second-order valence-corrected chi connectivity index (χ2v) is 6.13. The van der Waals surface area contributed by atoms with Gasteiger partial charge < -0.3 is 10.4 Å². The molecule has 0 spiro atoms. The molecule has 5 nitrogen and oxygen atoms in total. The predicted molar refractivity (Wildman–Crippen MR) is 94.6 cm³/mol. The summed E-state index contributed by atoms with van der Waals surface area (Å²) >= 11 is 5.98. The Labute approximate surface area is 160 Å². The van der Waals surface area contributed by atoms with Crippen molar-refractivity contribution in [2.75, 3.05) is 11.9 Å². The molecule has 1 atom stereocenters. The molecule has 10 heteroatoms. The van der Waals surface area contributed by atoms with Gasteiger partial charge in [-0.2, -0.15) is 9.78 Å². The molecule has 0 aliphatic rings. The van der Waals surface area contributed by atoms with E-state index in [1.54, 1.807) is 0 Å². The van der Waals surface area contributed by atoms with Crippen LogP contribution in [0.4, 0.5) is 23.2 Å². The van der Waals surface area contributed by atoms with E-state index >= 15 is 0 Å². The highest BCUT2D eigenvalue weighted by atomic mass is 35.5. The van der Waals surface area contributed by atoms with Crippen molar-refractivity contribution < 1.29 is 22.7 Å². The molecule has 0 amide bonds. The van der Waals surface area contributed by atoms with Gasteiger partial charge in [0.2, 0.25) is 0 Å². The van der Waals surface area contributed by atoms with Gasteiger partial charge in [-0.15, -0.1) is 0 Å². The van der Waals surface area contributed by atoms with Gasteiger partial charge in [-0.05, 0) is 18.2 Å². The molecule has 3 aromatic rings. The number of rotatable bonds is 5. The lowest BCUT2D eigenvalue weighted by Crippen LogP contribution is -2.24. The van der Waals surface area contributed by atoms with Crippen molar-refractivity contribution in [3.8, 4) is 5.69 Å². The summed E-state index contributed by atoms with van der Waals surface area (Å²) in [7, 11) is 0. The molecule has 1 aromatic heterocycles. The van der Waals surface area contributed by atoms with Gasteiger partial charge in [-0.1, -0.05) is 17.7 Å². The zero-order chi connectivity index (χ0) is 20.4. The highest BCUT2D eigenvalue weighted by molar-refractivity contribution is 6.32. The third-order valence-corrected chi connectivity index (χ3v) is 4.23. The maximum Gasteiger partial charge on any atom is 0.292 e. The Morgan fingerprint density at radius 2 is 1.71 bits per heavy atom. The van der Waals surface area contributed by atoms with Crippen LogP contribution in [-0.2, 0) is 0 Å². The van der Waals surface area contributed by atoms with Gasteiger partial charge in [-0.25, -0.2) is 17.6 Å². The van der Waals surface area contributed by atoms with Gasteiger partial charge in [0.05, 0.1) is 18.0 Å². The molecule has 0 aliphatic heterocycles. The summed E-state index contributed by atoms with van der Waals surface area (Å²) in [6.07, 6.45) is -0.270. The quantitative estimate of drug-likeness (QED) is 0.627. The van der Waals surface area contributed by atoms with Crippen LogP contribution in [0.3, 0.4) is 0 Å². The number of anilines is 1. The fourth-order valence-corrected chi connectivity index (χ4v) is 2.66. The van der Waals surface area contributed by atoms with Crippen molar-refractivity contribution in [2.24, 2.45) is 0 Å². The lowest BCUT2D eigenvalue weighted by molar-refractivity contribution is 0.186. The number of benzene rings is 2. The Hall–Kier alpha value is -2.91. The summed E-state index contributed by atoms with van der Waals surface area (Å²) in [5, 5.41) is 16.1. The molecule has 0 radical (unpaired) electrons. The van der Waals surface area contributed by atoms with E-state index in [0.717, 1.165) is 30.5 Å². The van der Waals surface area contributed by atoms with Crippen LogP contribution in [0.1, 0.15) is 11.7 Å². The molecule has 0 fully saturated rings. The van der Waals surface area contributed by atoms with Gasteiger partial charge in [0.1, 0.15) is 28.2 Å². The third kappa shape index (κ3) is 4.00. The van der Waals surface area contributed by atoms with Gasteiger partial charge in [0.15, 0.2) is 5.82 Å². The Kier molecular flexibility index (Phi) is 5.66. The maximum atomic E-state index is 13.9. The van der Waals surface area contributed by atoms with Gasteiger partial charge in [0, 0.05) is 24.2 Å². The fourth-order valence-electron chi connectivity index (χ4n) is 2.47. The molecule has 1 heterocycles. The smallest absolute Gasteiger partial charge is 0.292 e. The zero-order valence-electron chi connectivity index (χ0n) is 14.0. The summed E-state index contributed by atoms with van der Waals surface area (Å²) < 4.78 is 54.2. The first kappa shape index (κ1) is 19.8. The predicted octanol–water partition coefficient (Wildman–Crippen LogP) is 3.59. The SMILES string of the molecule is O=c1c(Cl)c(NC[C@H](O)c2ccc(F)cc2F)cnn1-c1ccc(F)cc1F. The van der Waals surface area contributed by atoms with Crippen molar-refractivity contribution in [1.29, 1.82) is 0 Å². The lowest BCUT2D eigenvalue weighted by atomic mass is 10.1. The molecular weight excluding hydrogens is 402 g/mol. The molecule has 2 N–H and O–H groups in total. The summed E-state index contributed by atoms with van der Waals surface area (Å²) in [5.41, 5.74) is -1.33. The van der Waals surface area contributed by atoms with Crippen LogP contribution in [-0.4, -0.2) is 21.4 Å². The topological polar surface area (TPSA) is 67.2 Å². The molecule has 2 aromatic carbocycles. The van der Waals surface area contributed by atoms with Crippen LogP contribution in [0.25, 0.3) is 5.69 Å². The van der Waals surface area contributed by atoms with Crippen LogP contribution in [0.2, 0.25) is 5.02 Å². The summed E-state index contributed by atoms with van der Waals surface area (Å²) in [4.78, 5) is 12.3. The minimum atomic E-state index is -1.37. The molecule has 0 saturated carbocycles. The van der Waals surface area contributed by atoms with E-state index < -0.39 is 34.9 Å². The third-order valence-electron chi connectivity index (χ3n) is 3.86. The van der Waals surface area contributed by atoms with Crippen molar-refractivity contribution >= 4 is 17.3 Å². The Morgan fingerprint density at radius 1 is 1.07 bits per heavy atom. The number of nitrogens with zero attached hydrogens (tertiary/aromatic N) is 2. The standard InChI is InChI=1S/C18H12ClF4N3O2/c19-17-14(24-8-16(27)11-3-1-9(20)5-12(11)22)7-25-26(18(17)28)15-4-2-10(21)6-13(15)23/h1-7,16,24,27H,8H2/t16-/m0/s1. The highest BCUT2D eigenvalue weighted by Gasteiger charge is 2.17. The van der Waals surface area contributed by atoms with Gasteiger partial charge >= 0.3 is 0 Å². The van der Waals surface area contributed by atoms with Crippen molar-refractivity contribution in [3.05, 3.63) is 86.8 Å². The highest BCUT2D eigenvalue weighted by Crippen LogP contribution is 2.22.